The van der Waals surface area contributed by atoms with E-state index in [0.29, 0.717) is 29.0 Å². The number of hydrogen-bond donors (Lipinski definition) is 2. The Labute approximate surface area is 143 Å². The standard InChI is InChI=1S/C16H15ClN4O3/c1-10(19-16(22)18-9-13-3-2-8-23-13)14-20-15(24-21-14)11-4-6-12(17)7-5-11/h2-8,10H,9H2,1H3,(H2,18,19,22)/t10-/m0/s1. The average molecular weight is 347 g/mol. The lowest BCUT2D eigenvalue weighted by Crippen LogP contribution is -2.36. The molecule has 0 aliphatic carbocycles. The number of hydrogen-bond acceptors (Lipinski definition) is 5. The van der Waals surface area contributed by atoms with E-state index in [2.05, 4.69) is 20.8 Å². The minimum Gasteiger partial charge on any atom is -0.467 e. The van der Waals surface area contributed by atoms with Crippen molar-refractivity contribution in [2.75, 3.05) is 0 Å². The maximum absolute atomic E-state index is 11.9. The van der Waals surface area contributed by atoms with E-state index in [4.69, 9.17) is 20.5 Å². The first-order chi connectivity index (χ1) is 11.6. The Morgan fingerprint density at radius 2 is 2.08 bits per heavy atom. The zero-order chi connectivity index (χ0) is 16.9. The third-order valence-electron chi connectivity index (χ3n) is 3.27. The maximum atomic E-state index is 11.9. The van der Waals surface area contributed by atoms with Gasteiger partial charge < -0.3 is 19.6 Å². The monoisotopic (exact) mass is 346 g/mol. The minimum atomic E-state index is -0.411. The first-order valence-corrected chi connectivity index (χ1v) is 7.66. The summed E-state index contributed by atoms with van der Waals surface area (Å²) in [5.41, 5.74) is 0.757. The van der Waals surface area contributed by atoms with Gasteiger partial charge in [0.05, 0.1) is 18.8 Å². The first kappa shape index (κ1) is 16.1. The van der Waals surface area contributed by atoms with Crippen molar-refractivity contribution in [3.8, 4) is 11.5 Å². The number of urea groups is 1. The van der Waals surface area contributed by atoms with Gasteiger partial charge in [-0.3, -0.25) is 0 Å². The summed E-state index contributed by atoms with van der Waals surface area (Å²) in [5.74, 6) is 1.42. The van der Waals surface area contributed by atoms with Crippen LogP contribution in [-0.4, -0.2) is 16.2 Å². The maximum Gasteiger partial charge on any atom is 0.315 e. The van der Waals surface area contributed by atoms with Crippen molar-refractivity contribution in [1.82, 2.24) is 20.8 Å². The molecule has 1 aromatic carbocycles. The lowest BCUT2D eigenvalue weighted by molar-refractivity contribution is 0.236. The van der Waals surface area contributed by atoms with Gasteiger partial charge in [-0.25, -0.2) is 4.79 Å². The Morgan fingerprint density at radius 1 is 1.29 bits per heavy atom. The molecule has 3 rings (SSSR count). The van der Waals surface area contributed by atoms with E-state index >= 15 is 0 Å². The molecule has 1 atom stereocenters. The number of halogens is 1. The number of carbonyl (C=O) groups excluding carboxylic acids is 1. The van der Waals surface area contributed by atoms with Crippen molar-refractivity contribution in [2.45, 2.75) is 19.5 Å². The van der Waals surface area contributed by atoms with Crippen LogP contribution in [-0.2, 0) is 6.54 Å². The molecule has 24 heavy (non-hydrogen) atoms. The van der Waals surface area contributed by atoms with Gasteiger partial charge in [-0.15, -0.1) is 0 Å². The molecule has 0 aliphatic heterocycles. The van der Waals surface area contributed by atoms with Gasteiger partial charge >= 0.3 is 6.03 Å². The predicted molar refractivity (Wildman–Crippen MR) is 87.2 cm³/mol. The minimum absolute atomic E-state index is 0.299. The van der Waals surface area contributed by atoms with Crippen LogP contribution in [0.3, 0.4) is 0 Å². The molecular weight excluding hydrogens is 332 g/mol. The molecule has 2 aromatic heterocycles. The fourth-order valence-electron chi connectivity index (χ4n) is 2.01. The molecule has 0 spiro atoms. The van der Waals surface area contributed by atoms with Crippen molar-refractivity contribution in [2.24, 2.45) is 0 Å². The number of benzene rings is 1. The van der Waals surface area contributed by atoms with Gasteiger partial charge in [0.25, 0.3) is 5.89 Å². The summed E-state index contributed by atoms with van der Waals surface area (Å²) in [5, 5.41) is 9.95. The zero-order valence-corrected chi connectivity index (χ0v) is 13.6. The zero-order valence-electron chi connectivity index (χ0n) is 12.8. The van der Waals surface area contributed by atoms with E-state index < -0.39 is 6.04 Å². The van der Waals surface area contributed by atoms with E-state index in [1.165, 1.54) is 0 Å². The number of rotatable bonds is 5. The van der Waals surface area contributed by atoms with Gasteiger partial charge in [0.15, 0.2) is 5.82 Å². The second kappa shape index (κ2) is 7.18. The number of carbonyl (C=O) groups is 1. The third-order valence-corrected chi connectivity index (χ3v) is 3.52. The second-order valence-electron chi connectivity index (χ2n) is 5.09. The highest BCUT2D eigenvalue weighted by molar-refractivity contribution is 6.30. The molecule has 8 heteroatoms. The fraction of sp³-hybridized carbons (Fsp3) is 0.188. The normalized spacial score (nSPS) is 11.9. The van der Waals surface area contributed by atoms with Crippen molar-refractivity contribution in [3.05, 3.63) is 59.3 Å². The molecule has 0 bridgehead atoms. The van der Waals surface area contributed by atoms with Crippen LogP contribution in [0.4, 0.5) is 4.79 Å². The van der Waals surface area contributed by atoms with E-state index in [1.54, 1.807) is 49.6 Å². The molecule has 0 aliphatic rings. The summed E-state index contributed by atoms with van der Waals surface area (Å²) in [6.07, 6.45) is 1.55. The lowest BCUT2D eigenvalue weighted by Gasteiger charge is -2.10. The van der Waals surface area contributed by atoms with Crippen LogP contribution in [0.2, 0.25) is 5.02 Å². The molecule has 2 amide bonds. The summed E-state index contributed by atoms with van der Waals surface area (Å²) in [7, 11) is 0. The van der Waals surface area contributed by atoms with E-state index in [0.717, 1.165) is 5.56 Å². The lowest BCUT2D eigenvalue weighted by atomic mass is 10.2. The number of aromatic nitrogens is 2. The Hall–Kier alpha value is -2.80. The summed E-state index contributed by atoms with van der Waals surface area (Å²) >= 11 is 5.85. The van der Waals surface area contributed by atoms with Crippen LogP contribution in [0.15, 0.2) is 51.6 Å². The van der Waals surface area contributed by atoms with Crippen LogP contribution in [0.5, 0.6) is 0 Å². The molecule has 0 radical (unpaired) electrons. The molecule has 124 valence electrons. The topological polar surface area (TPSA) is 93.2 Å². The molecule has 0 unspecified atom stereocenters. The van der Waals surface area contributed by atoms with Gasteiger partial charge in [0.1, 0.15) is 5.76 Å². The Morgan fingerprint density at radius 3 is 2.79 bits per heavy atom. The van der Waals surface area contributed by atoms with Crippen LogP contribution in [0.25, 0.3) is 11.5 Å². The van der Waals surface area contributed by atoms with Crippen LogP contribution in [0.1, 0.15) is 24.6 Å². The van der Waals surface area contributed by atoms with E-state index in [9.17, 15) is 4.79 Å². The molecule has 3 aromatic rings. The highest BCUT2D eigenvalue weighted by Gasteiger charge is 2.17. The number of furan rings is 1. The molecule has 2 N–H and O–H groups in total. The van der Waals surface area contributed by atoms with Gasteiger partial charge in [0.2, 0.25) is 0 Å². The van der Waals surface area contributed by atoms with Crippen molar-refractivity contribution >= 4 is 17.6 Å². The van der Waals surface area contributed by atoms with Gasteiger partial charge in [-0.2, -0.15) is 4.98 Å². The summed E-state index contributed by atoms with van der Waals surface area (Å²) < 4.78 is 10.4. The smallest absolute Gasteiger partial charge is 0.315 e. The Kier molecular flexibility index (Phi) is 4.81. The number of nitrogens with one attached hydrogen (secondary N) is 2. The van der Waals surface area contributed by atoms with Crippen molar-refractivity contribution in [3.63, 3.8) is 0 Å². The molecule has 7 nitrogen and oxygen atoms in total. The molecule has 2 heterocycles. The molecule has 0 saturated heterocycles. The quantitative estimate of drug-likeness (QED) is 0.737. The second-order valence-corrected chi connectivity index (χ2v) is 5.53. The van der Waals surface area contributed by atoms with Crippen molar-refractivity contribution in [1.29, 1.82) is 0 Å². The van der Waals surface area contributed by atoms with Crippen molar-refractivity contribution < 1.29 is 13.7 Å². The first-order valence-electron chi connectivity index (χ1n) is 7.28. The van der Waals surface area contributed by atoms with Crippen LogP contribution >= 0.6 is 11.6 Å². The fourth-order valence-corrected chi connectivity index (χ4v) is 2.14. The van der Waals surface area contributed by atoms with Crippen LogP contribution in [0, 0.1) is 0 Å². The van der Waals surface area contributed by atoms with Gasteiger partial charge in [0, 0.05) is 10.6 Å². The molecular formula is C16H15ClN4O3. The van der Waals surface area contributed by atoms with E-state index in [-0.39, 0.29) is 6.03 Å². The summed E-state index contributed by atoms with van der Waals surface area (Å²) in [6, 6.07) is 9.83. The number of nitrogens with zero attached hydrogens (tertiary/aromatic N) is 2. The van der Waals surface area contributed by atoms with E-state index in [1.807, 2.05) is 0 Å². The Bertz CT molecular complexity index is 799. The van der Waals surface area contributed by atoms with Gasteiger partial charge in [-0.1, -0.05) is 16.8 Å². The summed E-state index contributed by atoms with van der Waals surface area (Å²) in [4.78, 5) is 16.2. The third kappa shape index (κ3) is 3.94. The van der Waals surface area contributed by atoms with Crippen LogP contribution < -0.4 is 10.6 Å². The highest BCUT2D eigenvalue weighted by Crippen LogP contribution is 2.21. The molecule has 0 saturated carbocycles. The highest BCUT2D eigenvalue weighted by atomic mass is 35.5. The number of amides is 2. The van der Waals surface area contributed by atoms with Gasteiger partial charge in [-0.05, 0) is 43.3 Å². The SMILES string of the molecule is C[C@H](NC(=O)NCc1ccco1)c1noc(-c2ccc(Cl)cc2)n1. The Balaban J connectivity index is 1.58. The largest absolute Gasteiger partial charge is 0.467 e. The average Bonchev–Trinajstić information content (AvgIpc) is 3.25. The summed E-state index contributed by atoms with van der Waals surface area (Å²) in [6.45, 7) is 2.07. The predicted octanol–water partition coefficient (Wildman–Crippen LogP) is 3.54. The molecule has 0 fully saturated rings.